The number of halogens is 1. The van der Waals surface area contributed by atoms with Gasteiger partial charge >= 0.3 is 0 Å². The second-order valence-electron chi connectivity index (χ2n) is 6.65. The van der Waals surface area contributed by atoms with Crippen molar-refractivity contribution in [1.82, 2.24) is 14.9 Å². The van der Waals surface area contributed by atoms with E-state index in [9.17, 15) is 8.42 Å². The maximum Gasteiger partial charge on any atom is 0.242 e. The van der Waals surface area contributed by atoms with Crippen molar-refractivity contribution < 1.29 is 13.2 Å². The second-order valence-corrected chi connectivity index (χ2v) is 8.80. The van der Waals surface area contributed by atoms with E-state index >= 15 is 0 Å². The number of benzene rings is 2. The molecule has 0 aliphatic rings. The zero-order chi connectivity index (χ0) is 21.3. The Morgan fingerprint density at radius 3 is 2.13 bits per heavy atom. The van der Waals surface area contributed by atoms with Gasteiger partial charge in [-0.1, -0.05) is 24.3 Å². The van der Waals surface area contributed by atoms with Crippen molar-refractivity contribution in [1.29, 1.82) is 0 Å². The molecule has 2 aromatic carbocycles. The average Bonchev–Trinajstić information content (AvgIpc) is 2.72. The third kappa shape index (κ3) is 7.77. The number of ether oxygens (including phenoxy) is 1. The number of hydrogen-bond acceptors (Lipinski definition) is 4. The molecule has 9 heteroatoms. The molecule has 0 radical (unpaired) electrons. The molecule has 166 valence electrons. The first kappa shape index (κ1) is 26.2. The SMILES string of the molecule is CCNC(=NCc1ccc(S(=O)(=O)N(C)C)cc1)NCCc1ccc(OC)cc1.I. The molecule has 7 nitrogen and oxygen atoms in total. The van der Waals surface area contributed by atoms with Gasteiger partial charge in [0.2, 0.25) is 10.0 Å². The Kier molecular flexibility index (Phi) is 11.1. The summed E-state index contributed by atoms with van der Waals surface area (Å²) < 4.78 is 30.7. The number of rotatable bonds is 9. The zero-order valence-corrected chi connectivity index (χ0v) is 21.0. The number of hydrogen-bond donors (Lipinski definition) is 2. The van der Waals surface area contributed by atoms with Crippen LogP contribution in [0.15, 0.2) is 58.4 Å². The predicted octanol–water partition coefficient (Wildman–Crippen LogP) is 2.86. The van der Waals surface area contributed by atoms with Gasteiger partial charge in [0.15, 0.2) is 5.96 Å². The minimum absolute atomic E-state index is 0. The lowest BCUT2D eigenvalue weighted by atomic mass is 10.1. The maximum atomic E-state index is 12.1. The molecule has 0 aromatic heterocycles. The Morgan fingerprint density at radius 2 is 1.60 bits per heavy atom. The molecule has 30 heavy (non-hydrogen) atoms. The third-order valence-electron chi connectivity index (χ3n) is 4.33. The Hall–Kier alpha value is -1.85. The highest BCUT2D eigenvalue weighted by molar-refractivity contribution is 14.0. The fraction of sp³-hybridized carbons (Fsp3) is 0.381. The summed E-state index contributed by atoms with van der Waals surface area (Å²) in [4.78, 5) is 4.86. The van der Waals surface area contributed by atoms with E-state index < -0.39 is 10.0 Å². The molecule has 2 N–H and O–H groups in total. The van der Waals surface area contributed by atoms with Crippen molar-refractivity contribution in [3.8, 4) is 5.75 Å². The summed E-state index contributed by atoms with van der Waals surface area (Å²) >= 11 is 0. The number of nitrogens with zero attached hydrogens (tertiary/aromatic N) is 2. The minimum Gasteiger partial charge on any atom is -0.497 e. The van der Waals surface area contributed by atoms with E-state index in [1.807, 2.05) is 31.2 Å². The molecule has 0 amide bonds. The van der Waals surface area contributed by atoms with Crippen molar-refractivity contribution >= 4 is 40.0 Å². The quantitative estimate of drug-likeness (QED) is 0.287. The zero-order valence-electron chi connectivity index (χ0n) is 17.9. The van der Waals surface area contributed by atoms with E-state index in [1.165, 1.54) is 24.0 Å². The maximum absolute atomic E-state index is 12.1. The molecule has 0 saturated carbocycles. The summed E-state index contributed by atoms with van der Waals surface area (Å²) in [5, 5.41) is 6.55. The lowest BCUT2D eigenvalue weighted by Gasteiger charge is -2.12. The standard InChI is InChI=1S/C21H30N4O3S.HI/c1-5-22-21(23-15-14-17-6-10-19(28-4)11-7-17)24-16-18-8-12-20(13-9-18)29(26,27)25(2)3;/h6-13H,5,14-16H2,1-4H3,(H2,22,23,24);1H. The Labute approximate surface area is 197 Å². The van der Waals surface area contributed by atoms with Gasteiger partial charge in [-0.25, -0.2) is 17.7 Å². The van der Waals surface area contributed by atoms with Gasteiger partial charge in [0, 0.05) is 27.2 Å². The van der Waals surface area contributed by atoms with Gasteiger partial charge in [0.05, 0.1) is 18.6 Å². The van der Waals surface area contributed by atoms with Crippen molar-refractivity contribution in [2.45, 2.75) is 24.8 Å². The van der Waals surface area contributed by atoms with Gasteiger partial charge in [-0.3, -0.25) is 0 Å². The number of nitrogens with one attached hydrogen (secondary N) is 2. The van der Waals surface area contributed by atoms with Crippen molar-refractivity contribution in [3.63, 3.8) is 0 Å². The van der Waals surface area contributed by atoms with E-state index in [0.29, 0.717) is 6.54 Å². The first-order valence-corrected chi connectivity index (χ1v) is 11.0. The molecule has 0 heterocycles. The second kappa shape index (κ2) is 12.8. The molecule has 0 spiro atoms. The van der Waals surface area contributed by atoms with Crippen molar-refractivity contribution in [3.05, 3.63) is 59.7 Å². The number of guanidine groups is 1. The molecule has 0 saturated heterocycles. The molecule has 0 atom stereocenters. The van der Waals surface area contributed by atoms with Gasteiger partial charge in [-0.15, -0.1) is 24.0 Å². The molecular weight excluding hydrogens is 515 g/mol. The highest BCUT2D eigenvalue weighted by Gasteiger charge is 2.16. The van der Waals surface area contributed by atoms with E-state index in [1.54, 1.807) is 31.4 Å². The lowest BCUT2D eigenvalue weighted by Crippen LogP contribution is -2.38. The number of methoxy groups -OCH3 is 1. The van der Waals surface area contributed by atoms with Crippen LogP contribution in [0.5, 0.6) is 5.75 Å². The van der Waals surface area contributed by atoms with Crippen LogP contribution in [0.25, 0.3) is 0 Å². The van der Waals surface area contributed by atoms with Crippen LogP contribution in [-0.2, 0) is 23.0 Å². The van der Waals surface area contributed by atoms with E-state index in [-0.39, 0.29) is 28.9 Å². The summed E-state index contributed by atoms with van der Waals surface area (Å²) in [7, 11) is 1.29. The number of aliphatic imine (C=N–C) groups is 1. The van der Waals surface area contributed by atoms with Crippen LogP contribution in [0, 0.1) is 0 Å². The van der Waals surface area contributed by atoms with E-state index in [2.05, 4.69) is 15.6 Å². The fourth-order valence-corrected chi connectivity index (χ4v) is 3.51. The van der Waals surface area contributed by atoms with Gasteiger partial charge < -0.3 is 15.4 Å². The molecule has 0 fully saturated rings. The van der Waals surface area contributed by atoms with Crippen LogP contribution < -0.4 is 15.4 Å². The fourth-order valence-electron chi connectivity index (χ4n) is 2.61. The van der Waals surface area contributed by atoms with E-state index in [0.717, 1.165) is 36.8 Å². The molecule has 2 rings (SSSR count). The van der Waals surface area contributed by atoms with Gasteiger partial charge in [0.25, 0.3) is 0 Å². The Balaban J connectivity index is 0.00000450. The van der Waals surface area contributed by atoms with Crippen LogP contribution in [0.1, 0.15) is 18.1 Å². The third-order valence-corrected chi connectivity index (χ3v) is 6.16. The number of sulfonamides is 1. The Bertz CT molecular complexity index is 899. The van der Waals surface area contributed by atoms with Crippen LogP contribution in [0.4, 0.5) is 0 Å². The van der Waals surface area contributed by atoms with Gasteiger partial charge in [0.1, 0.15) is 5.75 Å². The molecule has 0 aliphatic carbocycles. The summed E-state index contributed by atoms with van der Waals surface area (Å²) in [6.07, 6.45) is 0.867. The minimum atomic E-state index is -3.41. The van der Waals surface area contributed by atoms with Gasteiger partial charge in [-0.05, 0) is 48.7 Å². The first-order chi connectivity index (χ1) is 13.9. The van der Waals surface area contributed by atoms with Crippen LogP contribution >= 0.6 is 24.0 Å². The van der Waals surface area contributed by atoms with E-state index in [4.69, 9.17) is 4.74 Å². The average molecular weight is 546 g/mol. The normalized spacial score (nSPS) is 11.7. The van der Waals surface area contributed by atoms with Crippen LogP contribution in [0.2, 0.25) is 0 Å². The van der Waals surface area contributed by atoms with Crippen LogP contribution in [0.3, 0.4) is 0 Å². The predicted molar refractivity (Wildman–Crippen MR) is 132 cm³/mol. The highest BCUT2D eigenvalue weighted by atomic mass is 127. The molecule has 0 unspecified atom stereocenters. The molecule has 2 aromatic rings. The Morgan fingerprint density at radius 1 is 1.00 bits per heavy atom. The van der Waals surface area contributed by atoms with Gasteiger partial charge in [-0.2, -0.15) is 0 Å². The van der Waals surface area contributed by atoms with Crippen molar-refractivity contribution in [2.24, 2.45) is 4.99 Å². The summed E-state index contributed by atoms with van der Waals surface area (Å²) in [5.41, 5.74) is 2.15. The monoisotopic (exact) mass is 546 g/mol. The molecule has 0 aliphatic heterocycles. The topological polar surface area (TPSA) is 83.0 Å². The summed E-state index contributed by atoms with van der Waals surface area (Å²) in [5.74, 6) is 1.58. The summed E-state index contributed by atoms with van der Waals surface area (Å²) in [6, 6.07) is 14.8. The lowest BCUT2D eigenvalue weighted by molar-refractivity contribution is 0.414. The first-order valence-electron chi connectivity index (χ1n) is 9.53. The largest absolute Gasteiger partial charge is 0.497 e. The van der Waals surface area contributed by atoms with Crippen LogP contribution in [-0.4, -0.2) is 53.0 Å². The highest BCUT2D eigenvalue weighted by Crippen LogP contribution is 2.14. The van der Waals surface area contributed by atoms with Crippen molar-refractivity contribution in [2.75, 3.05) is 34.3 Å². The molecular formula is C21H31IN4O3S. The summed E-state index contributed by atoms with van der Waals surface area (Å²) in [6.45, 7) is 3.98. The molecule has 0 bridgehead atoms. The smallest absolute Gasteiger partial charge is 0.242 e.